The van der Waals surface area contributed by atoms with Crippen LogP contribution in [0.4, 0.5) is 0 Å². The maximum absolute atomic E-state index is 12.2. The molecule has 12 nitrogen and oxygen atoms in total. The van der Waals surface area contributed by atoms with E-state index in [1.54, 1.807) is 45.7 Å². The molecule has 214 valence electrons. The van der Waals surface area contributed by atoms with Crippen molar-refractivity contribution in [3.63, 3.8) is 0 Å². The summed E-state index contributed by atoms with van der Waals surface area (Å²) in [6.07, 6.45) is 2.02. The summed E-state index contributed by atoms with van der Waals surface area (Å²) in [4.78, 5) is 16.2. The zero-order chi connectivity index (χ0) is 26.9. The number of ether oxygens (including phenoxy) is 7. The molecule has 13 heteroatoms. The Balaban J connectivity index is 2.68. The molecule has 0 aliphatic carbocycles. The van der Waals surface area contributed by atoms with Crippen molar-refractivity contribution in [2.45, 2.75) is 12.5 Å². The van der Waals surface area contributed by atoms with Gasteiger partial charge in [-0.15, -0.1) is 0 Å². The van der Waals surface area contributed by atoms with Gasteiger partial charge in [0.15, 0.2) is 0 Å². The fourth-order valence-electron chi connectivity index (χ4n) is 2.85. The van der Waals surface area contributed by atoms with E-state index in [2.05, 4.69) is 4.98 Å². The van der Waals surface area contributed by atoms with Gasteiger partial charge in [0.25, 0.3) is 0 Å². The summed E-state index contributed by atoms with van der Waals surface area (Å²) in [5.41, 5.74) is 0.254. The average molecular weight is 550 g/mol. The molecule has 0 aliphatic rings. The molecule has 0 radical (unpaired) electrons. The largest absolute Gasteiger partial charge is 0.501 e. The number of rotatable bonds is 26. The molecule has 0 saturated carbocycles. The number of pyridine rings is 1. The van der Waals surface area contributed by atoms with Crippen LogP contribution in [0.1, 0.15) is 16.9 Å². The Morgan fingerprint density at radius 3 is 1.59 bits per heavy atom. The Morgan fingerprint density at radius 2 is 1.16 bits per heavy atom. The summed E-state index contributed by atoms with van der Waals surface area (Å²) < 4.78 is 55.4. The second kappa shape index (κ2) is 23.6. The van der Waals surface area contributed by atoms with Crippen LogP contribution in [0.25, 0.3) is 0 Å². The summed E-state index contributed by atoms with van der Waals surface area (Å²) in [6.45, 7) is 4.92. The minimum atomic E-state index is -3.19. The standard InChI is InChI=1S/C24H43NO11Si/c1-27-10-13-30-16-19-34-37(35-20-17-31-14-11-28-2,36-21-18-32-15-12-29-3)22-6-9-33-24(26)23-7-4-5-8-25-23/h4-5,7-8H,6,9-22H2,1-3H3. The molecule has 1 heterocycles. The minimum absolute atomic E-state index is 0.166. The number of nitrogens with zero attached hydrogens (tertiary/aromatic N) is 1. The first kappa shape index (κ1) is 33.5. The van der Waals surface area contributed by atoms with Crippen molar-refractivity contribution in [2.24, 2.45) is 0 Å². The van der Waals surface area contributed by atoms with Gasteiger partial charge in [0, 0.05) is 33.6 Å². The second-order valence-electron chi connectivity index (χ2n) is 7.50. The SMILES string of the molecule is COCCOCCO[Si](CCCOC(=O)c1ccccn1)(OCCOCCOC)OCCOCCOC. The van der Waals surface area contributed by atoms with Gasteiger partial charge >= 0.3 is 14.8 Å². The fraction of sp³-hybridized carbons (Fsp3) is 0.750. The monoisotopic (exact) mass is 549 g/mol. The number of hydrogen-bond acceptors (Lipinski definition) is 12. The predicted molar refractivity (Wildman–Crippen MR) is 136 cm³/mol. The Kier molecular flexibility index (Phi) is 21.4. The predicted octanol–water partition coefficient (Wildman–Crippen LogP) is 1.61. The van der Waals surface area contributed by atoms with Crippen molar-refractivity contribution in [1.29, 1.82) is 0 Å². The molecule has 0 bridgehead atoms. The lowest BCUT2D eigenvalue weighted by atomic mass is 10.3. The van der Waals surface area contributed by atoms with Gasteiger partial charge in [-0.05, 0) is 18.6 Å². The molecular formula is C24H43NO11Si. The molecule has 1 rings (SSSR count). The maximum Gasteiger partial charge on any atom is 0.501 e. The van der Waals surface area contributed by atoms with E-state index in [4.69, 9.17) is 46.4 Å². The Morgan fingerprint density at radius 1 is 0.676 bits per heavy atom. The lowest BCUT2D eigenvalue weighted by molar-refractivity contribution is -0.0119. The normalized spacial score (nSPS) is 11.6. The van der Waals surface area contributed by atoms with Gasteiger partial charge in [0.1, 0.15) is 5.69 Å². The summed E-state index contributed by atoms with van der Waals surface area (Å²) >= 11 is 0. The maximum atomic E-state index is 12.2. The number of carbonyl (C=O) groups excluding carboxylic acids is 1. The topological polar surface area (TPSA) is 122 Å². The smallest absolute Gasteiger partial charge is 0.461 e. The van der Waals surface area contributed by atoms with E-state index >= 15 is 0 Å². The number of carbonyl (C=O) groups is 1. The van der Waals surface area contributed by atoms with Crippen LogP contribution in [0.15, 0.2) is 24.4 Å². The van der Waals surface area contributed by atoms with Gasteiger partial charge in [0.05, 0.1) is 85.9 Å². The molecule has 0 unspecified atom stereocenters. The van der Waals surface area contributed by atoms with Crippen molar-refractivity contribution in [3.8, 4) is 0 Å². The first-order valence-corrected chi connectivity index (χ1v) is 14.3. The van der Waals surface area contributed by atoms with E-state index in [9.17, 15) is 4.79 Å². The van der Waals surface area contributed by atoms with Crippen LogP contribution in [0.2, 0.25) is 6.04 Å². The van der Waals surface area contributed by atoms with Gasteiger partial charge in [-0.1, -0.05) is 6.07 Å². The molecule has 0 amide bonds. The van der Waals surface area contributed by atoms with Crippen molar-refractivity contribution in [2.75, 3.05) is 107 Å². The van der Waals surface area contributed by atoms with E-state index in [0.29, 0.717) is 71.9 Å². The zero-order valence-electron chi connectivity index (χ0n) is 22.4. The van der Waals surface area contributed by atoms with E-state index in [-0.39, 0.29) is 32.1 Å². The molecule has 0 N–H and O–H groups in total. The van der Waals surface area contributed by atoms with Crippen LogP contribution in [-0.2, 0) is 46.4 Å². The van der Waals surface area contributed by atoms with E-state index in [1.165, 1.54) is 0 Å². The molecule has 37 heavy (non-hydrogen) atoms. The third-order valence-electron chi connectivity index (χ3n) is 4.68. The molecule has 0 atom stereocenters. The van der Waals surface area contributed by atoms with Crippen LogP contribution < -0.4 is 0 Å². The van der Waals surface area contributed by atoms with Crippen LogP contribution >= 0.6 is 0 Å². The summed E-state index contributed by atoms with van der Waals surface area (Å²) in [5, 5.41) is 0. The van der Waals surface area contributed by atoms with Gasteiger partial charge in [-0.2, -0.15) is 0 Å². The summed E-state index contributed by atoms with van der Waals surface area (Å²) in [6, 6.07) is 5.50. The Hall–Kier alpha value is -1.52. The molecule has 1 aromatic rings. The van der Waals surface area contributed by atoms with Crippen LogP contribution in [0.3, 0.4) is 0 Å². The van der Waals surface area contributed by atoms with Crippen molar-refractivity contribution >= 4 is 14.8 Å². The van der Waals surface area contributed by atoms with Crippen molar-refractivity contribution in [1.82, 2.24) is 4.98 Å². The first-order valence-electron chi connectivity index (χ1n) is 12.4. The van der Waals surface area contributed by atoms with Gasteiger partial charge in [-0.3, -0.25) is 0 Å². The second-order valence-corrected chi connectivity index (χ2v) is 10.2. The summed E-state index contributed by atoms with van der Waals surface area (Å²) in [7, 11) is 1.65. The molecule has 0 aromatic carbocycles. The average Bonchev–Trinajstić information content (AvgIpc) is 2.92. The molecule has 0 spiro atoms. The van der Waals surface area contributed by atoms with E-state index in [1.807, 2.05) is 0 Å². The van der Waals surface area contributed by atoms with Gasteiger partial charge in [0.2, 0.25) is 0 Å². The number of esters is 1. The lowest BCUT2D eigenvalue weighted by Gasteiger charge is -2.30. The van der Waals surface area contributed by atoms with Crippen LogP contribution in [0.5, 0.6) is 0 Å². The minimum Gasteiger partial charge on any atom is -0.461 e. The van der Waals surface area contributed by atoms with Gasteiger partial charge in [-0.25, -0.2) is 9.78 Å². The quantitative estimate of drug-likeness (QED) is 0.0948. The molecule has 0 saturated heterocycles. The van der Waals surface area contributed by atoms with Crippen LogP contribution in [0, 0.1) is 0 Å². The Bertz CT molecular complexity index is 616. The molecular weight excluding hydrogens is 506 g/mol. The van der Waals surface area contributed by atoms with Crippen LogP contribution in [-0.4, -0.2) is 127 Å². The van der Waals surface area contributed by atoms with Crippen molar-refractivity contribution < 1.29 is 51.2 Å². The van der Waals surface area contributed by atoms with E-state index < -0.39 is 14.8 Å². The first-order chi connectivity index (χ1) is 18.2. The fourth-order valence-corrected chi connectivity index (χ4v) is 5.30. The summed E-state index contributed by atoms with van der Waals surface area (Å²) in [5.74, 6) is -0.486. The third kappa shape index (κ3) is 17.6. The van der Waals surface area contributed by atoms with Crippen molar-refractivity contribution in [3.05, 3.63) is 30.1 Å². The number of hydrogen-bond donors (Lipinski definition) is 0. The molecule has 0 fully saturated rings. The Labute approximate surface area is 221 Å². The highest BCUT2D eigenvalue weighted by Crippen LogP contribution is 2.19. The molecule has 1 aromatic heterocycles. The number of aromatic nitrogens is 1. The zero-order valence-corrected chi connectivity index (χ0v) is 23.4. The molecule has 0 aliphatic heterocycles. The highest BCUT2D eigenvalue weighted by Gasteiger charge is 2.41. The van der Waals surface area contributed by atoms with E-state index in [0.717, 1.165) is 0 Å². The third-order valence-corrected chi connectivity index (χ3v) is 7.58. The highest BCUT2D eigenvalue weighted by molar-refractivity contribution is 6.60. The number of methoxy groups -OCH3 is 3. The highest BCUT2D eigenvalue weighted by atomic mass is 28.4. The van der Waals surface area contributed by atoms with Gasteiger partial charge < -0.3 is 46.4 Å². The lowest BCUT2D eigenvalue weighted by Crippen LogP contribution is -2.48.